The molecule has 0 spiro atoms. The molecule has 0 fully saturated rings. The second kappa shape index (κ2) is 6.63. The minimum absolute atomic E-state index is 0.178. The Balaban J connectivity index is 2.64. The largest absolute Gasteiger partial charge is 0.292 e. The van der Waals surface area contributed by atoms with E-state index in [2.05, 4.69) is 4.99 Å². The number of hydrogen-bond acceptors (Lipinski definition) is 1. The van der Waals surface area contributed by atoms with Crippen molar-refractivity contribution in [1.29, 1.82) is 0 Å². The molecule has 0 amide bonds. The molecule has 0 N–H and O–H groups in total. The van der Waals surface area contributed by atoms with Gasteiger partial charge in [0.25, 0.3) is 0 Å². The van der Waals surface area contributed by atoms with E-state index in [9.17, 15) is 0 Å². The topological polar surface area (TPSA) is 12.4 Å². The highest BCUT2D eigenvalue weighted by Gasteiger charge is 2.26. The molecule has 1 nitrogen and oxygen atoms in total. The van der Waals surface area contributed by atoms with Crippen LogP contribution in [0.3, 0.4) is 0 Å². The van der Waals surface area contributed by atoms with Gasteiger partial charge in [-0.25, -0.2) is 0 Å². The highest BCUT2D eigenvalue weighted by molar-refractivity contribution is 6.56. The zero-order valence-electron chi connectivity index (χ0n) is 9.91. The molecule has 4 heteroatoms. The second-order valence-electron chi connectivity index (χ2n) is 4.22. The van der Waals surface area contributed by atoms with Crippen molar-refractivity contribution in [2.45, 2.75) is 36.0 Å². The fourth-order valence-corrected chi connectivity index (χ4v) is 2.30. The van der Waals surface area contributed by atoms with E-state index in [1.54, 1.807) is 6.21 Å². The van der Waals surface area contributed by atoms with E-state index in [0.29, 0.717) is 6.42 Å². The summed E-state index contributed by atoms with van der Waals surface area (Å²) >= 11 is 18.6. The fraction of sp³-hybridized carbons (Fsp3) is 0.462. The van der Waals surface area contributed by atoms with Crippen LogP contribution in [0.4, 0.5) is 0 Å². The van der Waals surface area contributed by atoms with Gasteiger partial charge in [0.1, 0.15) is 0 Å². The van der Waals surface area contributed by atoms with Crippen LogP contribution in [0.1, 0.15) is 31.2 Å². The van der Waals surface area contributed by atoms with Crippen LogP contribution >= 0.6 is 34.8 Å². The van der Waals surface area contributed by atoms with E-state index in [0.717, 1.165) is 5.56 Å². The van der Waals surface area contributed by atoms with Crippen LogP contribution in [0.5, 0.6) is 0 Å². The predicted octanol–water partition coefficient (Wildman–Crippen LogP) is 5.01. The van der Waals surface area contributed by atoms with Crippen LogP contribution in [0.2, 0.25) is 0 Å². The Bertz CT molecular complexity index is 360. The molecule has 0 bridgehead atoms. The molecule has 17 heavy (non-hydrogen) atoms. The van der Waals surface area contributed by atoms with E-state index >= 15 is 0 Å². The minimum atomic E-state index is -1.02. The Morgan fingerprint density at radius 3 is 2.35 bits per heavy atom. The summed E-state index contributed by atoms with van der Waals surface area (Å²) in [4.78, 5) is 4.20. The first-order chi connectivity index (χ1) is 7.91. The summed E-state index contributed by atoms with van der Waals surface area (Å²) < 4.78 is -1.02. The molecular formula is C13H16Cl3N. The Hall–Kier alpha value is -0.240. The third-order valence-electron chi connectivity index (χ3n) is 2.17. The fourth-order valence-electron chi connectivity index (χ4n) is 1.33. The lowest BCUT2D eigenvalue weighted by Crippen LogP contribution is -2.18. The number of halogens is 3. The normalized spacial score (nSPS) is 14.5. The number of benzene rings is 1. The van der Waals surface area contributed by atoms with Gasteiger partial charge in [0.05, 0.1) is 5.38 Å². The van der Waals surface area contributed by atoms with E-state index in [4.69, 9.17) is 34.8 Å². The first-order valence-corrected chi connectivity index (χ1v) is 6.71. The molecule has 0 heterocycles. The number of alkyl halides is 3. The predicted molar refractivity (Wildman–Crippen MR) is 77.7 cm³/mol. The molecule has 0 aliphatic rings. The van der Waals surface area contributed by atoms with Gasteiger partial charge < -0.3 is 0 Å². The van der Waals surface area contributed by atoms with Crippen molar-refractivity contribution in [2.24, 2.45) is 4.99 Å². The summed E-state index contributed by atoms with van der Waals surface area (Å²) in [5, 5.41) is -0.218. The number of rotatable bonds is 5. The van der Waals surface area contributed by atoms with Crippen molar-refractivity contribution in [3.05, 3.63) is 35.9 Å². The maximum Gasteiger partial charge on any atom is 0.154 e. The van der Waals surface area contributed by atoms with E-state index in [1.807, 2.05) is 44.2 Å². The lowest BCUT2D eigenvalue weighted by atomic mass is 10.1. The van der Waals surface area contributed by atoms with Gasteiger partial charge in [0, 0.05) is 18.7 Å². The Kier molecular flexibility index (Phi) is 5.78. The SMILES string of the molecule is CC(C)N=CC(Cl)(Cl)CC(Cl)c1ccccc1. The highest BCUT2D eigenvalue weighted by Crippen LogP contribution is 2.35. The standard InChI is InChI=1S/C13H16Cl3N/c1-10(2)17-9-13(15,16)8-12(14)11-6-4-3-5-7-11/h3-7,9-10,12H,8H2,1-2H3. The first kappa shape index (κ1) is 14.8. The maximum atomic E-state index is 6.28. The monoisotopic (exact) mass is 291 g/mol. The molecular weight excluding hydrogens is 277 g/mol. The smallest absolute Gasteiger partial charge is 0.154 e. The van der Waals surface area contributed by atoms with Crippen molar-refractivity contribution in [3.8, 4) is 0 Å². The summed E-state index contributed by atoms with van der Waals surface area (Å²) in [6.07, 6.45) is 2.00. The minimum Gasteiger partial charge on any atom is -0.292 e. The van der Waals surface area contributed by atoms with E-state index < -0.39 is 4.33 Å². The Labute approximate surface area is 118 Å². The van der Waals surface area contributed by atoms with Gasteiger partial charge in [0.15, 0.2) is 4.33 Å². The molecule has 0 aliphatic heterocycles. The van der Waals surface area contributed by atoms with Gasteiger partial charge in [-0.1, -0.05) is 53.5 Å². The molecule has 0 saturated heterocycles. The van der Waals surface area contributed by atoms with Crippen LogP contribution in [-0.2, 0) is 0 Å². The summed E-state index contributed by atoms with van der Waals surface area (Å²) in [6.45, 7) is 3.94. The molecule has 0 saturated carbocycles. The van der Waals surface area contributed by atoms with Gasteiger partial charge >= 0.3 is 0 Å². The van der Waals surface area contributed by atoms with Crippen LogP contribution in [-0.4, -0.2) is 16.6 Å². The lowest BCUT2D eigenvalue weighted by molar-refractivity contribution is 0.786. The van der Waals surface area contributed by atoms with Crippen LogP contribution in [0.15, 0.2) is 35.3 Å². The van der Waals surface area contributed by atoms with Gasteiger partial charge in [0.2, 0.25) is 0 Å². The van der Waals surface area contributed by atoms with E-state index in [-0.39, 0.29) is 11.4 Å². The lowest BCUT2D eigenvalue weighted by Gasteiger charge is -2.18. The van der Waals surface area contributed by atoms with Gasteiger partial charge in [-0.05, 0) is 19.4 Å². The summed E-state index contributed by atoms with van der Waals surface area (Å²) in [5.74, 6) is 0. The average Bonchev–Trinajstić information content (AvgIpc) is 2.27. The van der Waals surface area contributed by atoms with Crippen molar-refractivity contribution in [2.75, 3.05) is 0 Å². The summed E-state index contributed by atoms with van der Waals surface area (Å²) in [5.41, 5.74) is 1.01. The number of aliphatic imine (C=N–C) groups is 1. The van der Waals surface area contributed by atoms with Crippen molar-refractivity contribution in [3.63, 3.8) is 0 Å². The molecule has 1 atom stereocenters. The third kappa shape index (κ3) is 5.76. The summed E-state index contributed by atoms with van der Waals surface area (Å²) in [6, 6.07) is 9.93. The van der Waals surface area contributed by atoms with Crippen LogP contribution in [0, 0.1) is 0 Å². The molecule has 1 unspecified atom stereocenters. The number of hydrogen-bond donors (Lipinski definition) is 0. The molecule has 94 valence electrons. The van der Waals surface area contributed by atoms with Crippen molar-refractivity contribution >= 4 is 41.0 Å². The molecule has 0 aromatic heterocycles. The van der Waals surface area contributed by atoms with Gasteiger partial charge in [-0.15, -0.1) is 11.6 Å². The highest BCUT2D eigenvalue weighted by atomic mass is 35.5. The van der Waals surface area contributed by atoms with Crippen LogP contribution < -0.4 is 0 Å². The zero-order valence-corrected chi connectivity index (χ0v) is 12.2. The molecule has 1 aromatic carbocycles. The second-order valence-corrected chi connectivity index (χ2v) is 6.28. The Morgan fingerprint density at radius 1 is 1.24 bits per heavy atom. The number of nitrogens with zero attached hydrogens (tertiary/aromatic N) is 1. The molecule has 0 aliphatic carbocycles. The maximum absolute atomic E-state index is 6.28. The first-order valence-electron chi connectivity index (χ1n) is 5.52. The van der Waals surface area contributed by atoms with Crippen LogP contribution in [0.25, 0.3) is 0 Å². The zero-order chi connectivity index (χ0) is 12.9. The van der Waals surface area contributed by atoms with Gasteiger partial charge in [-0.3, -0.25) is 4.99 Å². The molecule has 1 rings (SSSR count). The van der Waals surface area contributed by atoms with E-state index in [1.165, 1.54) is 0 Å². The summed E-state index contributed by atoms with van der Waals surface area (Å²) in [7, 11) is 0. The van der Waals surface area contributed by atoms with Gasteiger partial charge in [-0.2, -0.15) is 0 Å². The van der Waals surface area contributed by atoms with Crippen molar-refractivity contribution in [1.82, 2.24) is 0 Å². The third-order valence-corrected chi connectivity index (χ3v) is 3.08. The van der Waals surface area contributed by atoms with Crippen molar-refractivity contribution < 1.29 is 0 Å². The Morgan fingerprint density at radius 2 is 1.82 bits per heavy atom. The molecule has 1 aromatic rings. The quantitative estimate of drug-likeness (QED) is 0.534. The molecule has 0 radical (unpaired) electrons. The average molecular weight is 293 g/mol.